The molecule has 0 radical (unpaired) electrons. The molecule has 5 heteroatoms. The summed E-state index contributed by atoms with van der Waals surface area (Å²) in [6.07, 6.45) is 0. The van der Waals surface area contributed by atoms with Gasteiger partial charge in [-0.3, -0.25) is 0 Å². The third-order valence-electron chi connectivity index (χ3n) is 1.88. The van der Waals surface area contributed by atoms with E-state index in [9.17, 15) is 4.79 Å². The highest BCUT2D eigenvalue weighted by molar-refractivity contribution is 5.74. The van der Waals surface area contributed by atoms with Gasteiger partial charge in [0.1, 0.15) is 0 Å². The molecule has 0 aliphatic carbocycles. The Hall–Kier alpha value is -0.810. The van der Waals surface area contributed by atoms with Gasteiger partial charge in [-0.15, -0.1) is 0 Å². The Kier molecular flexibility index (Phi) is 8.04. The zero-order chi connectivity index (χ0) is 11.7. The Morgan fingerprint density at radius 3 is 2.60 bits per heavy atom. The van der Waals surface area contributed by atoms with E-state index < -0.39 is 0 Å². The summed E-state index contributed by atoms with van der Waals surface area (Å²) < 4.78 is 4.95. The highest BCUT2D eigenvalue weighted by Crippen LogP contribution is 1.81. The zero-order valence-electron chi connectivity index (χ0n) is 10.2. The van der Waals surface area contributed by atoms with Crippen LogP contribution in [-0.4, -0.2) is 57.4 Å². The average Bonchev–Trinajstić information content (AvgIpc) is 2.13. The molecular weight excluding hydrogens is 194 g/mol. The van der Waals surface area contributed by atoms with E-state index in [0.29, 0.717) is 13.2 Å². The third-order valence-corrected chi connectivity index (χ3v) is 1.88. The molecule has 2 N–H and O–H groups in total. The lowest BCUT2D eigenvalue weighted by Crippen LogP contribution is -2.42. The van der Waals surface area contributed by atoms with Crippen molar-refractivity contribution in [2.45, 2.75) is 19.9 Å². The van der Waals surface area contributed by atoms with E-state index in [4.69, 9.17) is 4.74 Å². The number of urea groups is 1. The monoisotopic (exact) mass is 217 g/mol. The Morgan fingerprint density at radius 2 is 2.07 bits per heavy atom. The summed E-state index contributed by atoms with van der Waals surface area (Å²) >= 11 is 0. The summed E-state index contributed by atoms with van der Waals surface area (Å²) in [6.45, 7) is 6.95. The van der Waals surface area contributed by atoms with Gasteiger partial charge in [-0.1, -0.05) is 0 Å². The van der Waals surface area contributed by atoms with E-state index in [1.165, 1.54) is 0 Å². The number of ether oxygens (including phenoxy) is 1. The van der Waals surface area contributed by atoms with E-state index in [0.717, 1.165) is 13.1 Å². The number of hydrogen-bond acceptors (Lipinski definition) is 3. The van der Waals surface area contributed by atoms with E-state index in [1.54, 1.807) is 7.11 Å². The number of carbonyl (C=O) groups is 1. The van der Waals surface area contributed by atoms with Crippen LogP contribution in [0, 0.1) is 0 Å². The van der Waals surface area contributed by atoms with E-state index in [2.05, 4.69) is 15.5 Å². The van der Waals surface area contributed by atoms with Gasteiger partial charge in [-0.2, -0.15) is 0 Å². The molecular formula is C10H23N3O2. The molecule has 0 saturated carbocycles. The number of carbonyl (C=O) groups excluding carboxylic acids is 1. The van der Waals surface area contributed by atoms with Crippen molar-refractivity contribution in [1.82, 2.24) is 15.5 Å². The maximum atomic E-state index is 11.2. The van der Waals surface area contributed by atoms with Crippen LogP contribution in [0.5, 0.6) is 0 Å². The number of likely N-dealkylation sites (N-methyl/N-ethyl adjacent to an activating group) is 1. The highest BCUT2D eigenvalue weighted by Gasteiger charge is 2.02. The number of nitrogens with zero attached hydrogens (tertiary/aromatic N) is 1. The fraction of sp³-hybridized carbons (Fsp3) is 0.900. The SMILES string of the molecule is COCCN(C)CCNC(=O)NC(C)C. The van der Waals surface area contributed by atoms with Gasteiger partial charge in [0.15, 0.2) is 0 Å². The zero-order valence-corrected chi connectivity index (χ0v) is 10.2. The van der Waals surface area contributed by atoms with Gasteiger partial charge >= 0.3 is 6.03 Å². The predicted molar refractivity (Wildman–Crippen MR) is 61.0 cm³/mol. The van der Waals surface area contributed by atoms with Crippen molar-refractivity contribution < 1.29 is 9.53 Å². The first-order chi connectivity index (χ1) is 7.06. The van der Waals surface area contributed by atoms with Crippen molar-refractivity contribution in [3.8, 4) is 0 Å². The molecule has 0 aromatic carbocycles. The lowest BCUT2D eigenvalue weighted by molar-refractivity contribution is 0.161. The molecule has 0 unspecified atom stereocenters. The van der Waals surface area contributed by atoms with Gasteiger partial charge in [0.25, 0.3) is 0 Å². The van der Waals surface area contributed by atoms with E-state index in [-0.39, 0.29) is 12.1 Å². The van der Waals surface area contributed by atoms with Crippen molar-refractivity contribution in [3.05, 3.63) is 0 Å². The number of methoxy groups -OCH3 is 1. The molecule has 2 amide bonds. The summed E-state index contributed by atoms with van der Waals surface area (Å²) in [5.41, 5.74) is 0. The van der Waals surface area contributed by atoms with Crippen LogP contribution in [0.1, 0.15) is 13.8 Å². The van der Waals surface area contributed by atoms with Crippen LogP contribution in [0.4, 0.5) is 4.79 Å². The molecule has 0 saturated heterocycles. The molecule has 0 atom stereocenters. The Balaban J connectivity index is 3.40. The average molecular weight is 217 g/mol. The van der Waals surface area contributed by atoms with Crippen LogP contribution < -0.4 is 10.6 Å². The Labute approximate surface area is 92.2 Å². The maximum Gasteiger partial charge on any atom is 0.315 e. The minimum Gasteiger partial charge on any atom is -0.383 e. The fourth-order valence-corrected chi connectivity index (χ4v) is 1.03. The summed E-state index contributed by atoms with van der Waals surface area (Å²) in [5, 5.41) is 5.56. The number of nitrogens with one attached hydrogen (secondary N) is 2. The molecule has 15 heavy (non-hydrogen) atoms. The van der Waals surface area contributed by atoms with Crippen molar-refractivity contribution in [3.63, 3.8) is 0 Å². The molecule has 0 heterocycles. The van der Waals surface area contributed by atoms with Gasteiger partial charge in [-0.25, -0.2) is 4.79 Å². The van der Waals surface area contributed by atoms with Crippen molar-refractivity contribution in [2.24, 2.45) is 0 Å². The number of amides is 2. The molecule has 0 aliphatic rings. The van der Waals surface area contributed by atoms with Gasteiger partial charge < -0.3 is 20.3 Å². The molecule has 0 aliphatic heterocycles. The van der Waals surface area contributed by atoms with Gasteiger partial charge in [-0.05, 0) is 20.9 Å². The van der Waals surface area contributed by atoms with Crippen LogP contribution in [0.2, 0.25) is 0 Å². The first kappa shape index (κ1) is 14.2. The van der Waals surface area contributed by atoms with Crippen LogP contribution >= 0.6 is 0 Å². The van der Waals surface area contributed by atoms with Crippen LogP contribution in [0.25, 0.3) is 0 Å². The Bertz CT molecular complexity index is 174. The molecule has 0 fully saturated rings. The second-order valence-electron chi connectivity index (χ2n) is 3.85. The lowest BCUT2D eigenvalue weighted by Gasteiger charge is -2.16. The normalized spacial score (nSPS) is 10.8. The van der Waals surface area contributed by atoms with Gasteiger partial charge in [0, 0.05) is 32.8 Å². The Morgan fingerprint density at radius 1 is 1.40 bits per heavy atom. The predicted octanol–water partition coefficient (Wildman–Crippen LogP) is 0.272. The quantitative estimate of drug-likeness (QED) is 0.643. The van der Waals surface area contributed by atoms with Crippen molar-refractivity contribution >= 4 is 6.03 Å². The molecule has 0 aromatic heterocycles. The lowest BCUT2D eigenvalue weighted by atomic mass is 10.4. The van der Waals surface area contributed by atoms with Gasteiger partial charge in [0.05, 0.1) is 6.61 Å². The van der Waals surface area contributed by atoms with Crippen molar-refractivity contribution in [2.75, 3.05) is 40.4 Å². The summed E-state index contributed by atoms with van der Waals surface area (Å²) in [5.74, 6) is 0. The first-order valence-electron chi connectivity index (χ1n) is 5.28. The second kappa shape index (κ2) is 8.49. The van der Waals surface area contributed by atoms with Crippen LogP contribution in [0.15, 0.2) is 0 Å². The maximum absolute atomic E-state index is 11.2. The third kappa shape index (κ3) is 9.49. The van der Waals surface area contributed by atoms with E-state index in [1.807, 2.05) is 20.9 Å². The van der Waals surface area contributed by atoms with Crippen molar-refractivity contribution in [1.29, 1.82) is 0 Å². The molecule has 0 rings (SSSR count). The molecule has 0 aromatic rings. The highest BCUT2D eigenvalue weighted by atomic mass is 16.5. The largest absolute Gasteiger partial charge is 0.383 e. The molecule has 90 valence electrons. The molecule has 0 spiro atoms. The van der Waals surface area contributed by atoms with Crippen LogP contribution in [-0.2, 0) is 4.74 Å². The minimum absolute atomic E-state index is 0.106. The molecule has 5 nitrogen and oxygen atoms in total. The number of rotatable bonds is 7. The fourth-order valence-electron chi connectivity index (χ4n) is 1.03. The second-order valence-corrected chi connectivity index (χ2v) is 3.85. The summed E-state index contributed by atoms with van der Waals surface area (Å²) in [4.78, 5) is 13.3. The molecule has 0 bridgehead atoms. The standard InChI is InChI=1S/C10H23N3O2/c1-9(2)12-10(14)11-5-6-13(3)7-8-15-4/h9H,5-8H2,1-4H3,(H2,11,12,14). The smallest absolute Gasteiger partial charge is 0.315 e. The van der Waals surface area contributed by atoms with Crippen LogP contribution in [0.3, 0.4) is 0 Å². The summed E-state index contributed by atoms with van der Waals surface area (Å²) in [7, 11) is 3.68. The summed E-state index contributed by atoms with van der Waals surface area (Å²) in [6, 6.07) is 0.0707. The minimum atomic E-state index is -0.106. The number of hydrogen-bond donors (Lipinski definition) is 2. The van der Waals surface area contributed by atoms with E-state index >= 15 is 0 Å². The topological polar surface area (TPSA) is 53.6 Å². The van der Waals surface area contributed by atoms with Gasteiger partial charge in [0.2, 0.25) is 0 Å². The first-order valence-corrected chi connectivity index (χ1v) is 5.28.